The van der Waals surface area contributed by atoms with Crippen molar-refractivity contribution < 1.29 is 15.0 Å². The largest absolute Gasteiger partial charge is 0.390 e. The molecule has 22 heavy (non-hydrogen) atoms. The fraction of sp³-hybridized carbons (Fsp3) is 0.947. The van der Waals surface area contributed by atoms with Gasteiger partial charge in [-0.15, -0.1) is 0 Å². The summed E-state index contributed by atoms with van der Waals surface area (Å²) in [5, 5.41) is 21.8. The second kappa shape index (κ2) is 4.57. The lowest BCUT2D eigenvalue weighted by Crippen LogP contribution is -2.66. The van der Waals surface area contributed by atoms with Gasteiger partial charge in [0.25, 0.3) is 0 Å². The van der Waals surface area contributed by atoms with Crippen LogP contribution in [0.5, 0.6) is 0 Å². The van der Waals surface area contributed by atoms with Crippen LogP contribution >= 0.6 is 0 Å². The van der Waals surface area contributed by atoms with Crippen LogP contribution in [0.3, 0.4) is 0 Å². The van der Waals surface area contributed by atoms with Crippen LogP contribution in [0.1, 0.15) is 71.6 Å². The topological polar surface area (TPSA) is 57.5 Å². The van der Waals surface area contributed by atoms with Gasteiger partial charge in [0, 0.05) is 17.3 Å². The molecule has 0 aromatic rings. The van der Waals surface area contributed by atoms with Crippen molar-refractivity contribution in [3.05, 3.63) is 0 Å². The molecule has 0 amide bonds. The molecule has 0 heterocycles. The molecular weight excluding hydrogens is 276 g/mol. The normalized spacial score (nSPS) is 57.9. The maximum absolute atomic E-state index is 12.4. The Kier molecular flexibility index (Phi) is 3.14. The van der Waals surface area contributed by atoms with Gasteiger partial charge in [-0.25, -0.2) is 0 Å². The van der Waals surface area contributed by atoms with Gasteiger partial charge in [-0.1, -0.05) is 20.3 Å². The maximum atomic E-state index is 12.4. The number of fused-ring (bicyclic) bond motifs is 5. The van der Waals surface area contributed by atoms with Crippen LogP contribution in [0.4, 0.5) is 0 Å². The first-order valence-corrected chi connectivity index (χ1v) is 9.27. The number of Topliss-reactive ketones (excluding diaryl/α,β-unsaturated/α-hetero) is 1. The summed E-state index contributed by atoms with van der Waals surface area (Å²) >= 11 is 0. The molecule has 0 aliphatic heterocycles. The van der Waals surface area contributed by atoms with Crippen LogP contribution in [-0.2, 0) is 4.79 Å². The van der Waals surface area contributed by atoms with Gasteiger partial charge in [-0.3, -0.25) is 4.79 Å². The number of ketones is 1. The molecule has 0 aromatic heterocycles. The van der Waals surface area contributed by atoms with Crippen molar-refractivity contribution in [1.82, 2.24) is 0 Å². The van der Waals surface area contributed by atoms with Crippen LogP contribution in [0, 0.1) is 28.6 Å². The van der Waals surface area contributed by atoms with Crippen molar-refractivity contribution in [3.63, 3.8) is 0 Å². The molecule has 2 N–H and O–H groups in total. The van der Waals surface area contributed by atoms with E-state index in [0.717, 1.165) is 51.4 Å². The predicted molar refractivity (Wildman–Crippen MR) is 84.2 cm³/mol. The molecular formula is C19H30O3. The third-order valence-corrected chi connectivity index (χ3v) is 8.54. The van der Waals surface area contributed by atoms with Crippen molar-refractivity contribution >= 4 is 5.78 Å². The minimum atomic E-state index is -0.900. The van der Waals surface area contributed by atoms with E-state index in [9.17, 15) is 15.0 Å². The van der Waals surface area contributed by atoms with Gasteiger partial charge in [0.05, 0.1) is 11.7 Å². The summed E-state index contributed by atoms with van der Waals surface area (Å²) in [5.41, 5.74) is -1.16. The quantitative estimate of drug-likeness (QED) is 0.723. The highest BCUT2D eigenvalue weighted by molar-refractivity contribution is 5.87. The van der Waals surface area contributed by atoms with Crippen molar-refractivity contribution in [2.45, 2.75) is 83.3 Å². The molecule has 7 atom stereocenters. The third kappa shape index (κ3) is 1.62. The number of aliphatic hydroxyl groups excluding tert-OH is 1. The van der Waals surface area contributed by atoms with Crippen molar-refractivity contribution in [1.29, 1.82) is 0 Å². The first kappa shape index (κ1) is 15.1. The van der Waals surface area contributed by atoms with Crippen LogP contribution < -0.4 is 0 Å². The molecule has 4 fully saturated rings. The van der Waals surface area contributed by atoms with Crippen molar-refractivity contribution in [3.8, 4) is 0 Å². The Morgan fingerprint density at radius 3 is 2.55 bits per heavy atom. The fourth-order valence-corrected chi connectivity index (χ4v) is 7.10. The van der Waals surface area contributed by atoms with E-state index in [-0.39, 0.29) is 10.8 Å². The van der Waals surface area contributed by atoms with E-state index in [4.69, 9.17) is 0 Å². The summed E-state index contributed by atoms with van der Waals surface area (Å²) in [4.78, 5) is 12.4. The van der Waals surface area contributed by atoms with E-state index in [0.29, 0.717) is 30.0 Å². The lowest BCUT2D eigenvalue weighted by atomic mass is 9.43. The van der Waals surface area contributed by atoms with Gasteiger partial charge in [0.2, 0.25) is 0 Å². The van der Waals surface area contributed by atoms with Crippen LogP contribution in [0.25, 0.3) is 0 Å². The smallest absolute Gasteiger partial charge is 0.139 e. The second-order valence-corrected chi connectivity index (χ2v) is 9.08. The first-order chi connectivity index (χ1) is 10.3. The minimum absolute atomic E-state index is 0.0970. The number of aliphatic hydroxyl groups is 2. The van der Waals surface area contributed by atoms with Gasteiger partial charge in [-0.05, 0) is 62.7 Å². The fourth-order valence-electron chi connectivity index (χ4n) is 7.10. The van der Waals surface area contributed by atoms with Crippen LogP contribution in [0.15, 0.2) is 0 Å². The van der Waals surface area contributed by atoms with Crippen molar-refractivity contribution in [2.24, 2.45) is 28.6 Å². The van der Waals surface area contributed by atoms with Gasteiger partial charge in [-0.2, -0.15) is 0 Å². The average Bonchev–Trinajstić information content (AvgIpc) is 2.78. The van der Waals surface area contributed by atoms with Gasteiger partial charge < -0.3 is 10.2 Å². The highest BCUT2D eigenvalue weighted by atomic mass is 16.3. The Morgan fingerprint density at radius 2 is 1.77 bits per heavy atom. The van der Waals surface area contributed by atoms with E-state index in [2.05, 4.69) is 13.8 Å². The minimum Gasteiger partial charge on any atom is -0.390 e. The predicted octanol–water partition coefficient (Wildman–Crippen LogP) is 3.07. The van der Waals surface area contributed by atoms with E-state index >= 15 is 0 Å². The summed E-state index contributed by atoms with van der Waals surface area (Å²) in [6, 6.07) is 0. The molecule has 3 nitrogen and oxygen atoms in total. The van der Waals surface area contributed by atoms with Gasteiger partial charge in [0.1, 0.15) is 5.78 Å². The molecule has 0 radical (unpaired) electrons. The highest BCUT2D eigenvalue weighted by Gasteiger charge is 2.65. The molecule has 0 unspecified atom stereocenters. The molecule has 4 saturated carbocycles. The number of hydrogen-bond acceptors (Lipinski definition) is 3. The SMILES string of the molecule is C[C@]12CC[C@H]3[C@@H](CC[C@]4(O)[C@@H](O)CCC[C@]34C)[C@@H]1CCC2=O. The average molecular weight is 306 g/mol. The number of hydrogen-bond donors (Lipinski definition) is 2. The second-order valence-electron chi connectivity index (χ2n) is 9.08. The Labute approximate surface area is 133 Å². The molecule has 4 rings (SSSR count). The van der Waals surface area contributed by atoms with Crippen LogP contribution in [-0.4, -0.2) is 27.7 Å². The number of rotatable bonds is 0. The molecule has 4 aliphatic rings. The third-order valence-electron chi connectivity index (χ3n) is 8.54. The zero-order valence-electron chi connectivity index (χ0n) is 14.0. The summed E-state index contributed by atoms with van der Waals surface area (Å²) < 4.78 is 0. The molecule has 0 aromatic carbocycles. The zero-order chi connectivity index (χ0) is 15.8. The Hall–Kier alpha value is -0.410. The molecule has 0 bridgehead atoms. The molecule has 124 valence electrons. The zero-order valence-corrected chi connectivity index (χ0v) is 14.0. The van der Waals surface area contributed by atoms with Gasteiger partial charge >= 0.3 is 0 Å². The van der Waals surface area contributed by atoms with E-state index in [1.165, 1.54) is 0 Å². The molecule has 4 aliphatic carbocycles. The molecule has 0 spiro atoms. The van der Waals surface area contributed by atoms with E-state index < -0.39 is 11.7 Å². The first-order valence-electron chi connectivity index (χ1n) is 9.27. The molecule has 0 saturated heterocycles. The monoisotopic (exact) mass is 306 g/mol. The van der Waals surface area contributed by atoms with Crippen LogP contribution in [0.2, 0.25) is 0 Å². The standard InChI is InChI=1S/C19H30O3/c1-17-10-8-14-12(13(17)5-6-15(17)20)7-11-19(22)16(21)4-3-9-18(14,19)2/h12-14,16,21-22H,3-11H2,1-2H3/t12-,13-,14-,16-,17-,18+,19-/m0/s1. The van der Waals surface area contributed by atoms with Crippen molar-refractivity contribution in [2.75, 3.05) is 0 Å². The lowest BCUT2D eigenvalue weighted by Gasteiger charge is -2.63. The Bertz CT molecular complexity index is 503. The number of carbonyl (C=O) groups excluding carboxylic acids is 1. The maximum Gasteiger partial charge on any atom is 0.139 e. The summed E-state index contributed by atoms with van der Waals surface area (Å²) in [5.74, 6) is 2.04. The Morgan fingerprint density at radius 1 is 1.00 bits per heavy atom. The highest BCUT2D eigenvalue weighted by Crippen LogP contribution is 2.66. The summed E-state index contributed by atoms with van der Waals surface area (Å²) in [6.45, 7) is 4.42. The summed E-state index contributed by atoms with van der Waals surface area (Å²) in [6.07, 6.45) is 7.77. The molecule has 3 heteroatoms. The Balaban J connectivity index is 1.71. The van der Waals surface area contributed by atoms with E-state index in [1.807, 2.05) is 0 Å². The number of carbonyl (C=O) groups is 1. The lowest BCUT2D eigenvalue weighted by molar-refractivity contribution is -0.243. The summed E-state index contributed by atoms with van der Waals surface area (Å²) in [7, 11) is 0. The van der Waals surface area contributed by atoms with E-state index in [1.54, 1.807) is 0 Å². The van der Waals surface area contributed by atoms with Gasteiger partial charge in [0.15, 0.2) is 0 Å².